The Hall–Kier alpha value is -0.840. The summed E-state index contributed by atoms with van der Waals surface area (Å²) >= 11 is 0. The van der Waals surface area contributed by atoms with E-state index in [0.717, 1.165) is 0 Å². The van der Waals surface area contributed by atoms with Crippen LogP contribution in [0.15, 0.2) is 0 Å². The van der Waals surface area contributed by atoms with Crippen LogP contribution in [0.5, 0.6) is 0 Å². The minimum absolute atomic E-state index is 0.0255. The Morgan fingerprint density at radius 3 is 2.56 bits per heavy atom. The Labute approximate surface area is 109 Å². The molecule has 2 N–H and O–H groups in total. The molecule has 0 aromatic heterocycles. The molecule has 0 aromatic rings. The molecule has 106 valence electrons. The molecule has 0 radical (unpaired) electrons. The van der Waals surface area contributed by atoms with Gasteiger partial charge in [-0.05, 0) is 52.5 Å². The molecule has 1 aliphatic heterocycles. The molecule has 5 heteroatoms. The number of rotatable bonds is 2. The van der Waals surface area contributed by atoms with Crippen LogP contribution in [0.2, 0.25) is 0 Å². The predicted octanol–water partition coefficient (Wildman–Crippen LogP) is 2.32. The zero-order valence-corrected chi connectivity index (χ0v) is 11.6. The molecule has 1 heterocycles. The van der Waals surface area contributed by atoms with Gasteiger partial charge in [0.2, 0.25) is 0 Å². The molecule has 0 aliphatic carbocycles. The zero-order chi connectivity index (χ0) is 13.8. The quantitative estimate of drug-likeness (QED) is 0.829. The monoisotopic (exact) mass is 260 g/mol. The highest BCUT2D eigenvalue weighted by Gasteiger charge is 2.29. The lowest BCUT2D eigenvalue weighted by molar-refractivity contribution is 0.0254. The number of carbonyl (C=O) groups excluding carboxylic acids is 1. The van der Waals surface area contributed by atoms with Gasteiger partial charge in [0.15, 0.2) is 0 Å². The number of alkyl halides is 1. The van der Waals surface area contributed by atoms with Crippen molar-refractivity contribution in [3.8, 4) is 0 Å². The summed E-state index contributed by atoms with van der Waals surface area (Å²) in [5, 5.41) is 0. The molecular formula is C13H25FN2O2. The number of ether oxygens (including phenoxy) is 1. The van der Waals surface area contributed by atoms with Crippen molar-refractivity contribution >= 4 is 6.09 Å². The average molecular weight is 260 g/mol. The summed E-state index contributed by atoms with van der Waals surface area (Å²) in [7, 11) is 0. The molecule has 1 amide bonds. The normalized spacial score (nSPS) is 25.7. The lowest BCUT2D eigenvalue weighted by Crippen LogP contribution is -2.37. The summed E-state index contributed by atoms with van der Waals surface area (Å²) in [4.78, 5) is 13.5. The van der Waals surface area contributed by atoms with E-state index in [-0.39, 0.29) is 12.0 Å². The van der Waals surface area contributed by atoms with Crippen LogP contribution < -0.4 is 5.73 Å². The number of hydrogen-bond acceptors (Lipinski definition) is 3. The van der Waals surface area contributed by atoms with Crippen LogP contribution in [0.3, 0.4) is 0 Å². The minimum Gasteiger partial charge on any atom is -0.444 e. The maximum absolute atomic E-state index is 13.8. The number of hydrogen-bond donors (Lipinski definition) is 1. The fourth-order valence-electron chi connectivity index (χ4n) is 2.18. The third-order valence-electron chi connectivity index (χ3n) is 3.15. The first-order chi connectivity index (χ1) is 8.33. The number of carbonyl (C=O) groups is 1. The number of amides is 1. The molecule has 1 saturated heterocycles. The molecule has 1 aliphatic rings. The largest absolute Gasteiger partial charge is 0.444 e. The number of nitrogens with zero attached hydrogens (tertiary/aromatic N) is 1. The van der Waals surface area contributed by atoms with E-state index in [9.17, 15) is 9.18 Å². The van der Waals surface area contributed by atoms with E-state index < -0.39 is 11.8 Å². The Bertz CT molecular complexity index is 279. The SMILES string of the molecule is CC(C)(C)OC(=O)N1CCC(F)C(CCN)CC1. The molecule has 0 aromatic carbocycles. The first-order valence-corrected chi connectivity index (χ1v) is 6.65. The lowest BCUT2D eigenvalue weighted by atomic mass is 9.95. The second kappa shape index (κ2) is 6.36. The highest BCUT2D eigenvalue weighted by Crippen LogP contribution is 2.24. The second-order valence-corrected chi connectivity index (χ2v) is 5.90. The van der Waals surface area contributed by atoms with Crippen molar-refractivity contribution < 1.29 is 13.9 Å². The van der Waals surface area contributed by atoms with Crippen molar-refractivity contribution in [1.82, 2.24) is 4.90 Å². The predicted molar refractivity (Wildman–Crippen MR) is 69.1 cm³/mol. The fraction of sp³-hybridized carbons (Fsp3) is 0.923. The van der Waals surface area contributed by atoms with Gasteiger partial charge in [-0.2, -0.15) is 0 Å². The van der Waals surface area contributed by atoms with Gasteiger partial charge in [0.1, 0.15) is 11.8 Å². The second-order valence-electron chi connectivity index (χ2n) is 5.90. The van der Waals surface area contributed by atoms with Crippen molar-refractivity contribution in [3.63, 3.8) is 0 Å². The minimum atomic E-state index is -0.860. The van der Waals surface area contributed by atoms with Crippen LogP contribution in [-0.4, -0.2) is 42.4 Å². The first-order valence-electron chi connectivity index (χ1n) is 6.65. The van der Waals surface area contributed by atoms with Crippen molar-refractivity contribution in [3.05, 3.63) is 0 Å². The average Bonchev–Trinajstić information content (AvgIpc) is 2.40. The molecule has 1 rings (SSSR count). The maximum Gasteiger partial charge on any atom is 0.410 e. The van der Waals surface area contributed by atoms with Crippen molar-refractivity contribution in [2.45, 2.75) is 51.8 Å². The summed E-state index contributed by atoms with van der Waals surface area (Å²) in [6.07, 6.45) is 0.522. The number of nitrogens with two attached hydrogens (primary N) is 1. The van der Waals surface area contributed by atoms with Crippen LogP contribution in [0, 0.1) is 5.92 Å². The van der Waals surface area contributed by atoms with Gasteiger partial charge < -0.3 is 15.4 Å². The van der Waals surface area contributed by atoms with E-state index in [1.165, 1.54) is 0 Å². The summed E-state index contributed by atoms with van der Waals surface area (Å²) < 4.78 is 19.1. The standard InChI is InChI=1S/C13H25FN2O2/c1-13(2,3)18-12(17)16-8-5-10(4-7-15)11(14)6-9-16/h10-11H,4-9,15H2,1-3H3. The highest BCUT2D eigenvalue weighted by molar-refractivity contribution is 5.68. The van der Waals surface area contributed by atoms with Crippen LogP contribution in [0.4, 0.5) is 9.18 Å². The smallest absolute Gasteiger partial charge is 0.410 e. The Balaban J connectivity index is 2.53. The zero-order valence-electron chi connectivity index (χ0n) is 11.6. The van der Waals surface area contributed by atoms with Crippen LogP contribution in [0.25, 0.3) is 0 Å². The van der Waals surface area contributed by atoms with E-state index in [1.54, 1.807) is 4.90 Å². The molecule has 4 nitrogen and oxygen atoms in total. The third kappa shape index (κ3) is 4.80. The van der Waals surface area contributed by atoms with Gasteiger partial charge in [-0.25, -0.2) is 9.18 Å². The van der Waals surface area contributed by atoms with Gasteiger partial charge in [-0.15, -0.1) is 0 Å². The van der Waals surface area contributed by atoms with Gasteiger partial charge in [-0.1, -0.05) is 0 Å². The molecule has 1 fully saturated rings. The van der Waals surface area contributed by atoms with Crippen LogP contribution in [-0.2, 0) is 4.74 Å². The molecule has 0 bridgehead atoms. The van der Waals surface area contributed by atoms with Crippen molar-refractivity contribution in [2.24, 2.45) is 11.7 Å². The maximum atomic E-state index is 13.8. The number of halogens is 1. The molecular weight excluding hydrogens is 235 g/mol. The Kier molecular flexibility index (Phi) is 5.38. The van der Waals surface area contributed by atoms with E-state index in [1.807, 2.05) is 20.8 Å². The van der Waals surface area contributed by atoms with Gasteiger partial charge in [0.05, 0.1) is 0 Å². The first kappa shape index (κ1) is 15.2. The van der Waals surface area contributed by atoms with Crippen LogP contribution >= 0.6 is 0 Å². The molecule has 18 heavy (non-hydrogen) atoms. The van der Waals surface area contributed by atoms with E-state index in [0.29, 0.717) is 38.9 Å². The molecule has 0 spiro atoms. The van der Waals surface area contributed by atoms with Gasteiger partial charge >= 0.3 is 6.09 Å². The topological polar surface area (TPSA) is 55.6 Å². The van der Waals surface area contributed by atoms with E-state index in [2.05, 4.69) is 0 Å². The summed E-state index contributed by atoms with van der Waals surface area (Å²) in [5.41, 5.74) is 4.97. The lowest BCUT2D eigenvalue weighted by Gasteiger charge is -2.26. The third-order valence-corrected chi connectivity index (χ3v) is 3.15. The van der Waals surface area contributed by atoms with E-state index in [4.69, 9.17) is 10.5 Å². The Morgan fingerprint density at radius 1 is 1.39 bits per heavy atom. The van der Waals surface area contributed by atoms with E-state index >= 15 is 0 Å². The summed E-state index contributed by atoms with van der Waals surface area (Å²) in [6, 6.07) is 0. The summed E-state index contributed by atoms with van der Waals surface area (Å²) in [6.45, 7) is 6.97. The highest BCUT2D eigenvalue weighted by atomic mass is 19.1. The molecule has 2 atom stereocenters. The van der Waals surface area contributed by atoms with Gasteiger partial charge in [-0.3, -0.25) is 0 Å². The van der Waals surface area contributed by atoms with Gasteiger partial charge in [0, 0.05) is 13.1 Å². The van der Waals surface area contributed by atoms with Crippen molar-refractivity contribution in [1.29, 1.82) is 0 Å². The summed E-state index contributed by atoms with van der Waals surface area (Å²) in [5.74, 6) is -0.0255. The molecule has 2 unspecified atom stereocenters. The van der Waals surface area contributed by atoms with Crippen molar-refractivity contribution in [2.75, 3.05) is 19.6 Å². The Morgan fingerprint density at radius 2 is 2.00 bits per heavy atom. The molecule has 0 saturated carbocycles. The fourth-order valence-corrected chi connectivity index (χ4v) is 2.18. The van der Waals surface area contributed by atoms with Crippen LogP contribution in [0.1, 0.15) is 40.0 Å². The number of likely N-dealkylation sites (tertiary alicyclic amines) is 1. The van der Waals surface area contributed by atoms with Gasteiger partial charge in [0.25, 0.3) is 0 Å².